The van der Waals surface area contributed by atoms with Crippen molar-refractivity contribution in [3.05, 3.63) is 40.2 Å². The molecule has 0 aliphatic rings. The molecule has 1 heterocycles. The monoisotopic (exact) mass is 232 g/mol. The van der Waals surface area contributed by atoms with Gasteiger partial charge in [0.2, 0.25) is 0 Å². The van der Waals surface area contributed by atoms with Crippen molar-refractivity contribution >= 4 is 16.7 Å². The van der Waals surface area contributed by atoms with E-state index in [1.807, 2.05) is 0 Å². The molecule has 5 nitrogen and oxygen atoms in total. The molecule has 0 fully saturated rings. The van der Waals surface area contributed by atoms with Gasteiger partial charge in [-0.2, -0.15) is 5.10 Å². The van der Waals surface area contributed by atoms with Crippen LogP contribution >= 0.6 is 0 Å². The van der Waals surface area contributed by atoms with Crippen LogP contribution in [0.2, 0.25) is 0 Å². The Morgan fingerprint density at radius 3 is 2.82 bits per heavy atom. The van der Waals surface area contributed by atoms with Crippen LogP contribution in [0.5, 0.6) is 5.75 Å². The second-order valence-corrected chi connectivity index (χ2v) is 3.56. The number of nitrogens with zero attached hydrogens (tertiary/aromatic N) is 1. The molecule has 2 rings (SSSR count). The van der Waals surface area contributed by atoms with E-state index in [0.29, 0.717) is 22.6 Å². The molecule has 0 aliphatic carbocycles. The van der Waals surface area contributed by atoms with Gasteiger partial charge < -0.3 is 15.0 Å². The standard InChI is InChI=1S/C12H12N2O3/c1-7(14-13)10-6-12(15)17-11-5-8(16-2)3-4-9(10)11/h3-6H,13H2,1-2H3/b14-7-. The van der Waals surface area contributed by atoms with Gasteiger partial charge in [0, 0.05) is 23.1 Å². The van der Waals surface area contributed by atoms with Crippen molar-refractivity contribution in [1.82, 2.24) is 0 Å². The van der Waals surface area contributed by atoms with Crippen LogP contribution in [-0.2, 0) is 0 Å². The maximum Gasteiger partial charge on any atom is 0.336 e. The summed E-state index contributed by atoms with van der Waals surface area (Å²) in [6.45, 7) is 1.73. The molecule has 0 saturated carbocycles. The zero-order chi connectivity index (χ0) is 12.4. The molecule has 0 spiro atoms. The Labute approximate surface area is 97.5 Å². The fourth-order valence-electron chi connectivity index (χ4n) is 1.64. The molecule has 0 radical (unpaired) electrons. The molecule has 0 amide bonds. The smallest absolute Gasteiger partial charge is 0.336 e. The summed E-state index contributed by atoms with van der Waals surface area (Å²) in [5.74, 6) is 5.86. The van der Waals surface area contributed by atoms with Gasteiger partial charge in [-0.05, 0) is 19.1 Å². The molecular weight excluding hydrogens is 220 g/mol. The Kier molecular flexibility index (Phi) is 2.82. The average molecular weight is 232 g/mol. The van der Waals surface area contributed by atoms with Crippen molar-refractivity contribution in [2.24, 2.45) is 10.9 Å². The zero-order valence-electron chi connectivity index (χ0n) is 9.56. The number of methoxy groups -OCH3 is 1. The molecule has 0 saturated heterocycles. The van der Waals surface area contributed by atoms with Crippen LogP contribution in [0.15, 0.2) is 38.6 Å². The summed E-state index contributed by atoms with van der Waals surface area (Å²) in [5, 5.41) is 4.37. The number of fused-ring (bicyclic) bond motifs is 1. The molecule has 2 aromatic rings. The number of hydrogen-bond donors (Lipinski definition) is 1. The maximum atomic E-state index is 11.4. The highest BCUT2D eigenvalue weighted by atomic mass is 16.5. The SMILES string of the molecule is COc1ccc2c(/C(C)=N\N)cc(=O)oc2c1. The fraction of sp³-hybridized carbons (Fsp3) is 0.167. The first-order chi connectivity index (χ1) is 8.15. The van der Waals surface area contributed by atoms with Gasteiger partial charge in [0.25, 0.3) is 0 Å². The molecule has 88 valence electrons. The molecule has 1 aromatic carbocycles. The molecule has 0 atom stereocenters. The van der Waals surface area contributed by atoms with E-state index < -0.39 is 5.63 Å². The summed E-state index contributed by atoms with van der Waals surface area (Å²) in [7, 11) is 1.55. The summed E-state index contributed by atoms with van der Waals surface area (Å²) in [4.78, 5) is 11.4. The summed E-state index contributed by atoms with van der Waals surface area (Å²) >= 11 is 0. The molecule has 17 heavy (non-hydrogen) atoms. The summed E-state index contributed by atoms with van der Waals surface area (Å²) in [5.41, 5.74) is 1.26. The molecule has 5 heteroatoms. The predicted octanol–water partition coefficient (Wildman–Crippen LogP) is 1.48. The number of ether oxygens (including phenoxy) is 1. The Morgan fingerprint density at radius 1 is 1.41 bits per heavy atom. The van der Waals surface area contributed by atoms with Crippen LogP contribution in [0, 0.1) is 0 Å². The lowest BCUT2D eigenvalue weighted by molar-refractivity contribution is 0.414. The summed E-state index contributed by atoms with van der Waals surface area (Å²) in [6.07, 6.45) is 0. The largest absolute Gasteiger partial charge is 0.497 e. The van der Waals surface area contributed by atoms with E-state index in [1.54, 1.807) is 32.2 Å². The van der Waals surface area contributed by atoms with Crippen molar-refractivity contribution in [2.75, 3.05) is 7.11 Å². The van der Waals surface area contributed by atoms with Crippen LogP contribution in [-0.4, -0.2) is 12.8 Å². The molecule has 0 aliphatic heterocycles. The van der Waals surface area contributed by atoms with Gasteiger partial charge in [0.05, 0.1) is 12.8 Å². The summed E-state index contributed by atoms with van der Waals surface area (Å²) < 4.78 is 10.2. The lowest BCUT2D eigenvalue weighted by Gasteiger charge is -2.05. The predicted molar refractivity (Wildman–Crippen MR) is 65.4 cm³/mol. The van der Waals surface area contributed by atoms with Crippen LogP contribution in [0.4, 0.5) is 0 Å². The number of benzene rings is 1. The first-order valence-corrected chi connectivity index (χ1v) is 5.02. The van der Waals surface area contributed by atoms with Crippen molar-refractivity contribution in [2.45, 2.75) is 6.92 Å². The number of rotatable bonds is 2. The third-order valence-corrected chi connectivity index (χ3v) is 2.54. The highest BCUT2D eigenvalue weighted by Crippen LogP contribution is 2.22. The van der Waals surface area contributed by atoms with Crippen molar-refractivity contribution in [3.63, 3.8) is 0 Å². The Bertz CT molecular complexity index is 644. The van der Waals surface area contributed by atoms with Gasteiger partial charge in [0.15, 0.2) is 0 Å². The van der Waals surface area contributed by atoms with Crippen molar-refractivity contribution < 1.29 is 9.15 Å². The van der Waals surface area contributed by atoms with Gasteiger partial charge >= 0.3 is 5.63 Å². The lowest BCUT2D eigenvalue weighted by atomic mass is 10.1. The third kappa shape index (κ3) is 1.99. The number of nitrogens with two attached hydrogens (primary N) is 1. The van der Waals surface area contributed by atoms with Crippen molar-refractivity contribution in [3.8, 4) is 5.75 Å². The summed E-state index contributed by atoms with van der Waals surface area (Å²) in [6, 6.07) is 6.63. The lowest BCUT2D eigenvalue weighted by Crippen LogP contribution is -2.06. The van der Waals surface area contributed by atoms with Crippen molar-refractivity contribution in [1.29, 1.82) is 0 Å². The van der Waals surface area contributed by atoms with E-state index >= 15 is 0 Å². The number of hydrazone groups is 1. The highest BCUT2D eigenvalue weighted by molar-refractivity contribution is 6.08. The minimum atomic E-state index is -0.441. The molecule has 2 N–H and O–H groups in total. The number of hydrogen-bond acceptors (Lipinski definition) is 5. The first-order valence-electron chi connectivity index (χ1n) is 5.02. The quantitative estimate of drug-likeness (QED) is 0.368. The van der Waals surface area contributed by atoms with E-state index in [-0.39, 0.29) is 0 Å². The third-order valence-electron chi connectivity index (χ3n) is 2.54. The van der Waals surface area contributed by atoms with Gasteiger partial charge in [0.1, 0.15) is 11.3 Å². The molecular formula is C12H12N2O3. The molecule has 1 aromatic heterocycles. The Hall–Kier alpha value is -2.30. The average Bonchev–Trinajstić information content (AvgIpc) is 2.35. The zero-order valence-corrected chi connectivity index (χ0v) is 9.56. The maximum absolute atomic E-state index is 11.4. The highest BCUT2D eigenvalue weighted by Gasteiger charge is 2.08. The van der Waals surface area contributed by atoms with E-state index in [1.165, 1.54) is 6.07 Å². The molecule has 0 unspecified atom stereocenters. The van der Waals surface area contributed by atoms with Gasteiger partial charge in [-0.15, -0.1) is 0 Å². The van der Waals surface area contributed by atoms with Crippen LogP contribution in [0.1, 0.15) is 12.5 Å². The fourth-order valence-corrected chi connectivity index (χ4v) is 1.64. The van der Waals surface area contributed by atoms with Gasteiger partial charge in [-0.3, -0.25) is 0 Å². The first kappa shape index (κ1) is 11.2. The Balaban J connectivity index is 2.81. The normalized spacial score (nSPS) is 11.8. The van der Waals surface area contributed by atoms with E-state index in [2.05, 4.69) is 5.10 Å². The van der Waals surface area contributed by atoms with Crippen LogP contribution in [0.25, 0.3) is 11.0 Å². The van der Waals surface area contributed by atoms with Gasteiger partial charge in [-0.25, -0.2) is 4.79 Å². The topological polar surface area (TPSA) is 77.8 Å². The van der Waals surface area contributed by atoms with E-state index in [0.717, 1.165) is 5.39 Å². The van der Waals surface area contributed by atoms with E-state index in [9.17, 15) is 4.79 Å². The minimum Gasteiger partial charge on any atom is -0.497 e. The molecule has 0 bridgehead atoms. The van der Waals surface area contributed by atoms with Crippen LogP contribution in [0.3, 0.4) is 0 Å². The van der Waals surface area contributed by atoms with Gasteiger partial charge in [-0.1, -0.05) is 0 Å². The second kappa shape index (κ2) is 4.29. The second-order valence-electron chi connectivity index (χ2n) is 3.56. The Morgan fingerprint density at radius 2 is 2.18 bits per heavy atom. The van der Waals surface area contributed by atoms with Crippen LogP contribution < -0.4 is 16.2 Å². The minimum absolute atomic E-state index is 0.441. The van der Waals surface area contributed by atoms with E-state index in [4.69, 9.17) is 15.0 Å².